The van der Waals surface area contributed by atoms with E-state index in [1.165, 1.54) is 19.3 Å². The molecule has 0 aromatic heterocycles. The topological polar surface area (TPSA) is 78.1 Å². The second-order valence-corrected chi connectivity index (χ2v) is 6.75. The van der Waals surface area contributed by atoms with E-state index in [9.17, 15) is 0 Å². The molecule has 6 heteroatoms. The molecule has 0 aromatic rings. The Labute approximate surface area is 79.5 Å². The van der Waals surface area contributed by atoms with E-state index in [1.54, 1.807) is 0 Å². The summed E-state index contributed by atoms with van der Waals surface area (Å²) in [5.74, 6) is 0. The number of nitrogens with two attached hydrogens (primary N) is 3. The summed E-state index contributed by atoms with van der Waals surface area (Å²) in [4.78, 5) is 0. The number of hydrogen-bond donors (Lipinski definition) is 3. The highest BCUT2D eigenvalue weighted by Crippen LogP contribution is 2.40. The normalized spacial score (nSPS) is 39.8. The van der Waals surface area contributed by atoms with Crippen molar-refractivity contribution in [2.45, 2.75) is 36.2 Å². The Hall–Kier alpha value is 1.17. The molecule has 0 spiro atoms. The highest BCUT2D eigenvalue weighted by Gasteiger charge is 2.26. The van der Waals surface area contributed by atoms with Gasteiger partial charge < -0.3 is 16.5 Å². The maximum atomic E-state index is 5.69. The van der Waals surface area contributed by atoms with Crippen LogP contribution in [0.15, 0.2) is 0 Å². The molecule has 1 saturated carbocycles. The fourth-order valence-electron chi connectivity index (χ4n) is 1.73. The van der Waals surface area contributed by atoms with Crippen LogP contribution in [0.5, 0.6) is 0 Å². The van der Waals surface area contributed by atoms with E-state index in [1.807, 2.05) is 0 Å². The van der Waals surface area contributed by atoms with Crippen LogP contribution < -0.4 is 16.5 Å². The molecule has 0 aliphatic heterocycles. The quantitative estimate of drug-likeness (QED) is 0.625. The van der Waals surface area contributed by atoms with Crippen molar-refractivity contribution >= 4 is 26.2 Å². The van der Waals surface area contributed by atoms with Gasteiger partial charge in [0.1, 0.15) is 0 Å². The van der Waals surface area contributed by atoms with Crippen molar-refractivity contribution in [1.82, 2.24) is 0 Å². The summed E-state index contributed by atoms with van der Waals surface area (Å²) in [5, 5.41) is 0. The molecule has 1 aliphatic carbocycles. The van der Waals surface area contributed by atoms with Crippen LogP contribution in [-0.4, -0.2) is 17.0 Å². The van der Waals surface area contributed by atoms with Gasteiger partial charge in [-0.3, -0.25) is 0 Å². The smallest absolute Gasteiger partial charge is 0.00955 e. The first kappa shape index (κ1) is 11.2. The lowest BCUT2D eigenvalue weighted by Crippen LogP contribution is -2.28. The molecule has 0 amide bonds. The standard InChI is InChI=1S/C6H18N3P3/c7-10-4-1-5(11-8)3-6(2-4)12-9/h4-6,10-12H,1-3,7-9H2. The Bertz CT molecular complexity index is 105. The van der Waals surface area contributed by atoms with Crippen molar-refractivity contribution in [1.29, 1.82) is 0 Å². The molecule has 3 atom stereocenters. The second-order valence-electron chi connectivity index (χ2n) is 3.30. The SMILES string of the molecule is NPC1CC(PN)CC(PN)C1. The first-order chi connectivity index (χ1) is 5.80. The second kappa shape index (κ2) is 5.81. The van der Waals surface area contributed by atoms with Crippen LogP contribution in [0.1, 0.15) is 19.3 Å². The molecule has 1 rings (SSSR count). The maximum Gasteiger partial charge on any atom is -0.00955 e. The van der Waals surface area contributed by atoms with Crippen LogP contribution in [0.4, 0.5) is 0 Å². The monoisotopic (exact) mass is 225 g/mol. The van der Waals surface area contributed by atoms with Crippen LogP contribution in [0.3, 0.4) is 0 Å². The molecule has 0 heterocycles. The van der Waals surface area contributed by atoms with Crippen LogP contribution in [0.25, 0.3) is 0 Å². The summed E-state index contributed by atoms with van der Waals surface area (Å²) in [6, 6.07) is 0. The van der Waals surface area contributed by atoms with E-state index in [-0.39, 0.29) is 0 Å². The fourth-order valence-corrected chi connectivity index (χ4v) is 4.96. The zero-order valence-electron chi connectivity index (χ0n) is 7.09. The summed E-state index contributed by atoms with van der Waals surface area (Å²) in [5.41, 5.74) is 19.2. The van der Waals surface area contributed by atoms with Gasteiger partial charge in [0.15, 0.2) is 0 Å². The molecule has 1 fully saturated rings. The Morgan fingerprint density at radius 2 is 0.917 bits per heavy atom. The van der Waals surface area contributed by atoms with E-state index in [0.29, 0.717) is 43.2 Å². The summed E-state index contributed by atoms with van der Waals surface area (Å²) in [6.07, 6.45) is 3.72. The van der Waals surface area contributed by atoms with Gasteiger partial charge in [-0.15, -0.1) is 0 Å². The minimum absolute atomic E-state index is 0.583. The van der Waals surface area contributed by atoms with E-state index in [4.69, 9.17) is 16.5 Å². The Balaban J connectivity index is 2.41. The van der Waals surface area contributed by atoms with E-state index < -0.39 is 0 Å². The first-order valence-electron chi connectivity index (χ1n) is 4.18. The van der Waals surface area contributed by atoms with E-state index >= 15 is 0 Å². The third-order valence-electron chi connectivity index (χ3n) is 2.41. The summed E-state index contributed by atoms with van der Waals surface area (Å²) >= 11 is 0. The molecule has 0 bridgehead atoms. The molecule has 0 saturated heterocycles. The van der Waals surface area contributed by atoms with Gasteiger partial charge in [0.2, 0.25) is 0 Å². The zero-order chi connectivity index (χ0) is 8.97. The lowest BCUT2D eigenvalue weighted by Gasteiger charge is -2.32. The lowest BCUT2D eigenvalue weighted by atomic mass is 9.99. The van der Waals surface area contributed by atoms with Crippen molar-refractivity contribution in [3.8, 4) is 0 Å². The van der Waals surface area contributed by atoms with Gasteiger partial charge in [-0.1, -0.05) is 26.2 Å². The summed E-state index contributed by atoms with van der Waals surface area (Å²) in [7, 11) is 1.75. The van der Waals surface area contributed by atoms with Crippen LogP contribution in [0.2, 0.25) is 0 Å². The minimum atomic E-state index is 0.583. The van der Waals surface area contributed by atoms with E-state index in [0.717, 1.165) is 0 Å². The highest BCUT2D eigenvalue weighted by molar-refractivity contribution is 7.38. The van der Waals surface area contributed by atoms with Gasteiger partial charge >= 0.3 is 0 Å². The summed E-state index contributed by atoms with van der Waals surface area (Å²) in [6.45, 7) is 0. The molecule has 6 N–H and O–H groups in total. The van der Waals surface area contributed by atoms with Gasteiger partial charge in [0, 0.05) is 0 Å². The average Bonchev–Trinajstić information content (AvgIpc) is 2.16. The maximum absolute atomic E-state index is 5.69. The van der Waals surface area contributed by atoms with Crippen molar-refractivity contribution in [2.75, 3.05) is 0 Å². The Morgan fingerprint density at radius 3 is 1.08 bits per heavy atom. The van der Waals surface area contributed by atoms with Crippen molar-refractivity contribution in [3.63, 3.8) is 0 Å². The van der Waals surface area contributed by atoms with Crippen molar-refractivity contribution in [2.24, 2.45) is 16.5 Å². The molecule has 0 radical (unpaired) electrons. The minimum Gasteiger partial charge on any atom is -0.312 e. The third kappa shape index (κ3) is 3.14. The molecular formula is C6H18N3P3. The van der Waals surface area contributed by atoms with Crippen LogP contribution in [0, 0.1) is 0 Å². The highest BCUT2D eigenvalue weighted by atomic mass is 31.1. The molecule has 1 aliphatic rings. The molecule has 12 heavy (non-hydrogen) atoms. The zero-order valence-corrected chi connectivity index (χ0v) is 10.1. The van der Waals surface area contributed by atoms with Gasteiger partial charge in [-0.25, -0.2) is 0 Å². The lowest BCUT2D eigenvalue weighted by molar-refractivity contribution is 0.532. The molecule has 72 valence electrons. The van der Waals surface area contributed by atoms with Gasteiger partial charge in [0.05, 0.1) is 0 Å². The predicted octanol–water partition coefficient (Wildman–Crippen LogP) is 0.933. The Morgan fingerprint density at radius 1 is 0.667 bits per heavy atom. The summed E-state index contributed by atoms with van der Waals surface area (Å²) < 4.78 is 0. The largest absolute Gasteiger partial charge is 0.312 e. The van der Waals surface area contributed by atoms with Gasteiger partial charge in [-0.05, 0) is 36.2 Å². The van der Waals surface area contributed by atoms with Crippen molar-refractivity contribution < 1.29 is 0 Å². The predicted molar refractivity (Wildman–Crippen MR) is 62.7 cm³/mol. The first-order valence-corrected chi connectivity index (χ1v) is 7.65. The molecule has 3 nitrogen and oxygen atoms in total. The van der Waals surface area contributed by atoms with Gasteiger partial charge in [-0.2, -0.15) is 0 Å². The fraction of sp³-hybridized carbons (Fsp3) is 1.00. The number of rotatable bonds is 3. The van der Waals surface area contributed by atoms with Crippen LogP contribution >= 0.6 is 26.2 Å². The van der Waals surface area contributed by atoms with Gasteiger partial charge in [0.25, 0.3) is 0 Å². The third-order valence-corrected chi connectivity index (χ3v) is 5.24. The van der Waals surface area contributed by atoms with Crippen LogP contribution in [-0.2, 0) is 0 Å². The number of hydrogen-bond acceptors (Lipinski definition) is 3. The van der Waals surface area contributed by atoms with E-state index in [2.05, 4.69) is 0 Å². The van der Waals surface area contributed by atoms with Crippen molar-refractivity contribution in [3.05, 3.63) is 0 Å². The molecule has 3 unspecified atom stereocenters. The molecular weight excluding hydrogens is 207 g/mol. The average molecular weight is 225 g/mol. The molecule has 0 aromatic carbocycles. The Kier molecular flexibility index (Phi) is 5.44.